The summed E-state index contributed by atoms with van der Waals surface area (Å²) in [6.07, 6.45) is 3.86. The molecule has 1 fully saturated rings. The Balaban J connectivity index is 1.70. The topological polar surface area (TPSA) is 106 Å². The quantitative estimate of drug-likeness (QED) is 0.275. The largest absolute Gasteiger partial charge is 0.793 e. The van der Waals surface area contributed by atoms with Crippen LogP contribution in [0.5, 0.6) is 11.9 Å². The lowest BCUT2D eigenvalue weighted by Gasteiger charge is -2.35. The van der Waals surface area contributed by atoms with Gasteiger partial charge in [-0.15, -0.1) is 0 Å². The van der Waals surface area contributed by atoms with Gasteiger partial charge in [0.2, 0.25) is 11.8 Å². The monoisotopic (exact) mass is 528 g/mol. The van der Waals surface area contributed by atoms with Crippen LogP contribution in [0.15, 0.2) is 12.3 Å². The van der Waals surface area contributed by atoms with Gasteiger partial charge in [0.1, 0.15) is 0 Å². The van der Waals surface area contributed by atoms with E-state index in [1.54, 1.807) is 19.4 Å². The molecule has 4 rings (SSSR count). The van der Waals surface area contributed by atoms with Gasteiger partial charge in [-0.3, -0.25) is 4.79 Å². The van der Waals surface area contributed by atoms with Gasteiger partial charge in [-0.05, 0) is 6.07 Å². The number of nitrogens with one attached hydrogen (secondary N) is 1. The third-order valence-electron chi connectivity index (χ3n) is 4.54. The van der Waals surface area contributed by atoms with Crippen molar-refractivity contribution < 1.29 is 36.9 Å². The van der Waals surface area contributed by atoms with Gasteiger partial charge < -0.3 is 41.9 Å². The molecule has 1 saturated heterocycles. The van der Waals surface area contributed by atoms with Gasteiger partial charge in [0.05, 0.1) is 28.9 Å². The molecule has 29 heavy (non-hydrogen) atoms. The van der Waals surface area contributed by atoms with Gasteiger partial charge >= 0.3 is 12.0 Å². The van der Waals surface area contributed by atoms with E-state index in [9.17, 15) is 4.79 Å². The zero-order valence-electron chi connectivity index (χ0n) is 15.8. The molecule has 0 amide bonds. The number of pyridine rings is 1. The normalized spacial score (nSPS) is 15.0. The molecule has 1 N–H and O–H groups in total. The summed E-state index contributed by atoms with van der Waals surface area (Å²) in [5.41, 5.74) is 1.91. The summed E-state index contributed by atoms with van der Waals surface area (Å²) < 4.78 is 11.2. The SMILES string of the molecule is COc1nc(N2CCC([I-])CC2)ncc1-c1nc2nc(OC(C)=O)[nH]c2cc1Cl. The van der Waals surface area contributed by atoms with Gasteiger partial charge in [0.25, 0.3) is 0 Å². The maximum atomic E-state index is 11.1. The zero-order valence-corrected chi connectivity index (χ0v) is 18.7. The first kappa shape index (κ1) is 20.1. The van der Waals surface area contributed by atoms with Crippen LogP contribution in [0.25, 0.3) is 22.4 Å². The molecule has 0 aromatic carbocycles. The third kappa shape index (κ3) is 4.22. The van der Waals surface area contributed by atoms with Gasteiger partial charge in [0, 0.05) is 26.2 Å². The Morgan fingerprint density at radius 2 is 2.07 bits per heavy atom. The number of carbonyl (C=O) groups is 1. The van der Waals surface area contributed by atoms with Crippen molar-refractivity contribution in [2.75, 3.05) is 25.1 Å². The second kappa shape index (κ2) is 8.27. The highest BCUT2D eigenvalue weighted by Crippen LogP contribution is 2.34. The maximum Gasteiger partial charge on any atom is 0.310 e. The molecule has 1 radical (unpaired) electrons. The summed E-state index contributed by atoms with van der Waals surface area (Å²) in [6, 6.07) is 1.73. The Morgan fingerprint density at radius 1 is 1.31 bits per heavy atom. The van der Waals surface area contributed by atoms with E-state index in [2.05, 4.69) is 52.4 Å². The molecular weight excluding hydrogens is 511 g/mol. The van der Waals surface area contributed by atoms with Crippen LogP contribution in [0.2, 0.25) is 5.02 Å². The van der Waals surface area contributed by atoms with Crippen molar-refractivity contribution >= 4 is 34.7 Å². The number of aromatic nitrogens is 5. The van der Waals surface area contributed by atoms with E-state index in [-0.39, 0.29) is 6.01 Å². The van der Waals surface area contributed by atoms with Crippen molar-refractivity contribution in [1.29, 1.82) is 0 Å². The number of ether oxygens (including phenoxy) is 2. The fraction of sp³-hybridized carbons (Fsp3) is 0.389. The van der Waals surface area contributed by atoms with Crippen LogP contribution in [0.1, 0.15) is 19.8 Å². The number of H-pyrrole nitrogens is 1. The number of hydrogen-bond acceptors (Lipinski definition) is 8. The predicted octanol–water partition coefficient (Wildman–Crippen LogP) is -0.476. The van der Waals surface area contributed by atoms with Gasteiger partial charge in [-0.2, -0.15) is 13.9 Å². The number of anilines is 1. The molecule has 11 heteroatoms. The number of nitrogens with zero attached hydrogens (tertiary/aromatic N) is 5. The van der Waals surface area contributed by atoms with Crippen molar-refractivity contribution in [3.63, 3.8) is 0 Å². The maximum absolute atomic E-state index is 11.1. The first-order valence-corrected chi connectivity index (χ1v) is 10.6. The molecular formula is C18H18ClIN6O3-. The fourth-order valence-corrected chi connectivity index (χ4v) is 3.96. The Bertz CT molecular complexity index is 1070. The average molecular weight is 529 g/mol. The smallest absolute Gasteiger partial charge is 0.310 e. The molecule has 0 saturated carbocycles. The van der Waals surface area contributed by atoms with Crippen molar-refractivity contribution in [3.05, 3.63) is 17.3 Å². The van der Waals surface area contributed by atoms with Crippen LogP contribution < -0.4 is 37.0 Å². The molecule has 0 aliphatic carbocycles. The first-order valence-electron chi connectivity index (χ1n) is 8.99. The number of imidazole rings is 1. The van der Waals surface area contributed by atoms with Crippen LogP contribution in [-0.4, -0.2) is 55.0 Å². The highest BCUT2D eigenvalue weighted by atomic mass is 127. The van der Waals surface area contributed by atoms with E-state index in [1.165, 1.54) is 6.92 Å². The number of aromatic amines is 1. The third-order valence-corrected chi connectivity index (χ3v) is 6.08. The number of esters is 1. The molecule has 0 spiro atoms. The van der Waals surface area contributed by atoms with Crippen LogP contribution in [0.3, 0.4) is 0 Å². The number of carbonyl (C=O) groups excluding carboxylic acids is 1. The zero-order chi connectivity index (χ0) is 20.5. The molecule has 3 aromatic rings. The predicted molar refractivity (Wildman–Crippen MR) is 103 cm³/mol. The molecule has 0 unspecified atom stereocenters. The lowest BCUT2D eigenvalue weighted by Crippen LogP contribution is -3.39. The molecule has 1 aliphatic heterocycles. The number of fused-ring (bicyclic) bond motifs is 1. The summed E-state index contributed by atoms with van der Waals surface area (Å²) in [5, 5.41) is 0.371. The second-order valence-electron chi connectivity index (χ2n) is 6.58. The number of methoxy groups -OCH3 is 1. The highest BCUT2D eigenvalue weighted by molar-refractivity contribution is 6.33. The van der Waals surface area contributed by atoms with Crippen LogP contribution in [0.4, 0.5) is 5.95 Å². The van der Waals surface area contributed by atoms with E-state index in [0.717, 1.165) is 25.9 Å². The standard InChI is InChI=1S/C18H18ClIN6O3/c1-9(27)29-18-22-13-7-12(19)14(23-15(13)24-18)11-8-21-17(25-16(11)28-2)26-5-3-10(20)4-6-26/h7-8,10H,3-6H2,1-2H3,(H,22,23,24)/q-1. The Morgan fingerprint density at radius 3 is 2.76 bits per heavy atom. The minimum atomic E-state index is -0.479. The van der Waals surface area contributed by atoms with Crippen molar-refractivity contribution in [3.8, 4) is 23.1 Å². The van der Waals surface area contributed by atoms with E-state index < -0.39 is 5.97 Å². The van der Waals surface area contributed by atoms with Gasteiger partial charge in [-0.25, -0.2) is 9.97 Å². The van der Waals surface area contributed by atoms with E-state index >= 15 is 0 Å². The molecule has 153 valence electrons. The van der Waals surface area contributed by atoms with Crippen molar-refractivity contribution in [1.82, 2.24) is 24.9 Å². The Kier molecular flexibility index (Phi) is 5.72. The number of halogens is 2. The number of rotatable bonds is 4. The Hall–Kier alpha value is -2.21. The summed E-state index contributed by atoms with van der Waals surface area (Å²) in [4.78, 5) is 33.9. The second-order valence-corrected chi connectivity index (χ2v) is 8.75. The Labute approximate surface area is 185 Å². The molecule has 3 aromatic heterocycles. The minimum Gasteiger partial charge on any atom is -0.793 e. The first-order chi connectivity index (χ1) is 13.9. The summed E-state index contributed by atoms with van der Waals surface area (Å²) in [7, 11) is 1.55. The number of alkyl halides is 1. The summed E-state index contributed by atoms with van der Waals surface area (Å²) in [6.45, 7) is 3.12. The molecule has 0 atom stereocenters. The van der Waals surface area contributed by atoms with Crippen LogP contribution >= 0.6 is 11.6 Å². The minimum absolute atomic E-state index is 0.0606. The van der Waals surface area contributed by atoms with Crippen molar-refractivity contribution in [2.24, 2.45) is 0 Å². The van der Waals surface area contributed by atoms with Gasteiger partial charge in [-0.1, -0.05) is 24.4 Å². The van der Waals surface area contributed by atoms with E-state index in [0.29, 0.717) is 43.2 Å². The fourth-order valence-electron chi connectivity index (χ4n) is 3.14. The van der Waals surface area contributed by atoms with Crippen LogP contribution in [-0.2, 0) is 4.79 Å². The summed E-state index contributed by atoms with van der Waals surface area (Å²) in [5.74, 6) is 0.534. The number of hydrogen-bond donors (Lipinski definition) is 1. The number of piperidine rings is 1. The molecule has 4 heterocycles. The average Bonchev–Trinajstić information content (AvgIpc) is 3.07. The van der Waals surface area contributed by atoms with E-state index in [1.807, 2.05) is 0 Å². The van der Waals surface area contributed by atoms with Crippen molar-refractivity contribution in [2.45, 2.75) is 23.7 Å². The summed E-state index contributed by atoms with van der Waals surface area (Å²) >= 11 is 8.93. The molecule has 1 aliphatic rings. The lowest BCUT2D eigenvalue weighted by atomic mass is 10.1. The lowest BCUT2D eigenvalue weighted by molar-refractivity contribution is -0.423. The van der Waals surface area contributed by atoms with Crippen LogP contribution in [0, 0.1) is 0 Å². The molecule has 9 nitrogen and oxygen atoms in total. The van der Waals surface area contributed by atoms with E-state index in [4.69, 9.17) is 21.1 Å². The highest BCUT2D eigenvalue weighted by Gasteiger charge is 2.21. The molecule has 0 bridgehead atoms. The van der Waals surface area contributed by atoms with Gasteiger partial charge in [0.15, 0.2) is 5.65 Å².